The van der Waals surface area contributed by atoms with Crippen LogP contribution >= 0.6 is 11.6 Å². The van der Waals surface area contributed by atoms with Gasteiger partial charge in [-0.1, -0.05) is 35.9 Å². The van der Waals surface area contributed by atoms with E-state index in [-0.39, 0.29) is 12.5 Å². The topological polar surface area (TPSA) is 95.9 Å². The van der Waals surface area contributed by atoms with Gasteiger partial charge in [0.1, 0.15) is 17.7 Å². The summed E-state index contributed by atoms with van der Waals surface area (Å²) in [4.78, 5) is 22.8. The minimum absolute atomic E-state index is 0.103. The van der Waals surface area contributed by atoms with Gasteiger partial charge in [-0.3, -0.25) is 4.79 Å². The molecule has 8 nitrogen and oxygen atoms in total. The zero-order valence-corrected chi connectivity index (χ0v) is 24.1. The maximum Gasteiger partial charge on any atom is 0.416 e. The third kappa shape index (κ3) is 8.71. The predicted octanol–water partition coefficient (Wildman–Crippen LogP) is 6.04. The SMILES string of the molecule is O=C(NCc1ccc(C(F)(F)F)cc1)[C@@H](CC1CCNCC1)Nc1cc(-n2cccc2)nc(NCc2cccc(Cl)c2)n1. The Morgan fingerprint density at radius 1 is 0.977 bits per heavy atom. The molecule has 1 saturated heterocycles. The van der Waals surface area contributed by atoms with E-state index in [9.17, 15) is 18.0 Å². The Labute approximate surface area is 253 Å². The monoisotopic (exact) mass is 611 g/mol. The smallest absolute Gasteiger partial charge is 0.358 e. The van der Waals surface area contributed by atoms with Crippen molar-refractivity contribution in [1.29, 1.82) is 0 Å². The van der Waals surface area contributed by atoms with Gasteiger partial charge < -0.3 is 25.8 Å². The lowest BCUT2D eigenvalue weighted by atomic mass is 9.90. The molecule has 0 aliphatic carbocycles. The summed E-state index contributed by atoms with van der Waals surface area (Å²) >= 11 is 6.14. The van der Waals surface area contributed by atoms with Crippen molar-refractivity contribution in [1.82, 2.24) is 25.2 Å². The molecular formula is C31H33ClF3N7O. The van der Waals surface area contributed by atoms with E-state index in [0.717, 1.165) is 43.6 Å². The van der Waals surface area contributed by atoms with Gasteiger partial charge in [-0.2, -0.15) is 23.1 Å². The summed E-state index contributed by atoms with van der Waals surface area (Å²) in [7, 11) is 0. The van der Waals surface area contributed by atoms with Gasteiger partial charge in [0.05, 0.1) is 5.56 Å². The number of nitrogens with zero attached hydrogens (tertiary/aromatic N) is 3. The minimum atomic E-state index is -4.41. The molecule has 3 heterocycles. The van der Waals surface area contributed by atoms with Gasteiger partial charge in [-0.25, -0.2) is 0 Å². The van der Waals surface area contributed by atoms with Crippen LogP contribution in [0.3, 0.4) is 0 Å². The zero-order chi connectivity index (χ0) is 30.2. The fraction of sp³-hybridized carbons (Fsp3) is 0.323. The molecule has 0 spiro atoms. The average Bonchev–Trinajstić information content (AvgIpc) is 3.54. The van der Waals surface area contributed by atoms with Crippen LogP contribution in [-0.4, -0.2) is 39.6 Å². The Hall–Kier alpha value is -4.09. The van der Waals surface area contributed by atoms with Gasteiger partial charge in [-0.05, 0) is 85.8 Å². The molecule has 4 N–H and O–H groups in total. The third-order valence-corrected chi connectivity index (χ3v) is 7.57. The number of carbonyl (C=O) groups excluding carboxylic acids is 1. The normalized spacial score (nSPS) is 14.7. The summed E-state index contributed by atoms with van der Waals surface area (Å²) in [6.07, 6.45) is 1.79. The summed E-state index contributed by atoms with van der Waals surface area (Å²) < 4.78 is 40.7. The van der Waals surface area contributed by atoms with Crippen LogP contribution < -0.4 is 21.3 Å². The molecule has 1 aliphatic heterocycles. The van der Waals surface area contributed by atoms with E-state index in [4.69, 9.17) is 11.6 Å². The number of carbonyl (C=O) groups is 1. The summed E-state index contributed by atoms with van der Waals surface area (Å²) in [5.41, 5.74) is 0.810. The number of anilines is 2. The van der Waals surface area contributed by atoms with Crippen LogP contribution in [0.15, 0.2) is 79.1 Å². The summed E-state index contributed by atoms with van der Waals surface area (Å²) in [6, 6.07) is 17.2. The molecule has 226 valence electrons. The second kappa shape index (κ2) is 13.9. The lowest BCUT2D eigenvalue weighted by molar-refractivity contribution is -0.137. The first-order valence-electron chi connectivity index (χ1n) is 14.1. The number of aromatic nitrogens is 3. The second-order valence-electron chi connectivity index (χ2n) is 10.5. The number of benzene rings is 2. The van der Waals surface area contributed by atoms with Crippen LogP contribution in [0.2, 0.25) is 5.02 Å². The van der Waals surface area contributed by atoms with Gasteiger partial charge >= 0.3 is 6.18 Å². The highest BCUT2D eigenvalue weighted by molar-refractivity contribution is 6.30. The Morgan fingerprint density at radius 2 is 1.72 bits per heavy atom. The van der Waals surface area contributed by atoms with Gasteiger partial charge in [-0.15, -0.1) is 0 Å². The van der Waals surface area contributed by atoms with Crippen molar-refractivity contribution < 1.29 is 18.0 Å². The molecule has 4 aromatic rings. The number of rotatable bonds is 11. The quantitative estimate of drug-likeness (QED) is 0.165. The number of amides is 1. The van der Waals surface area contributed by atoms with Crippen molar-refractivity contribution in [3.63, 3.8) is 0 Å². The van der Waals surface area contributed by atoms with E-state index in [0.29, 0.717) is 47.1 Å². The number of hydrogen-bond donors (Lipinski definition) is 4. The van der Waals surface area contributed by atoms with E-state index in [1.54, 1.807) is 12.1 Å². The molecule has 0 bridgehead atoms. The van der Waals surface area contributed by atoms with Gasteiger partial charge in [0.15, 0.2) is 0 Å². The van der Waals surface area contributed by atoms with Crippen LogP contribution in [-0.2, 0) is 24.1 Å². The van der Waals surface area contributed by atoms with E-state index in [1.807, 2.05) is 47.3 Å². The Balaban J connectivity index is 1.34. The van der Waals surface area contributed by atoms with Crippen LogP contribution in [0, 0.1) is 5.92 Å². The first-order valence-corrected chi connectivity index (χ1v) is 14.5. The Kier molecular flexibility index (Phi) is 9.83. The van der Waals surface area contributed by atoms with E-state index in [2.05, 4.69) is 31.2 Å². The summed E-state index contributed by atoms with van der Waals surface area (Å²) in [5.74, 6) is 1.52. The van der Waals surface area contributed by atoms with Crippen molar-refractivity contribution in [2.75, 3.05) is 23.7 Å². The van der Waals surface area contributed by atoms with Crippen LogP contribution in [0.5, 0.6) is 0 Å². The maximum absolute atomic E-state index is 13.5. The van der Waals surface area contributed by atoms with Crippen LogP contribution in [0.1, 0.15) is 36.0 Å². The van der Waals surface area contributed by atoms with Crippen molar-refractivity contribution in [2.45, 2.75) is 44.6 Å². The molecule has 12 heteroatoms. The molecule has 1 atom stereocenters. The molecule has 1 fully saturated rings. The predicted molar refractivity (Wildman–Crippen MR) is 161 cm³/mol. The number of hydrogen-bond acceptors (Lipinski definition) is 6. The number of halogens is 4. The van der Waals surface area contributed by atoms with Crippen LogP contribution in [0.25, 0.3) is 5.82 Å². The highest BCUT2D eigenvalue weighted by atomic mass is 35.5. The molecule has 0 radical (unpaired) electrons. The minimum Gasteiger partial charge on any atom is -0.358 e. The lowest BCUT2D eigenvalue weighted by Crippen LogP contribution is -2.42. The Bertz CT molecular complexity index is 1490. The molecule has 0 saturated carbocycles. The standard InChI is InChI=1S/C31H33ClF3N7O/c32-25-5-3-4-23(16-25)20-38-30-40-27(18-28(41-30)42-14-1-2-15-42)39-26(17-21-10-12-36-13-11-21)29(43)37-19-22-6-8-24(9-7-22)31(33,34)35/h1-9,14-16,18,21,26,36H,10-13,17,19-20H2,(H,37,43)(H2,38,39,40,41)/t26-/m1/s1. The van der Waals surface area contributed by atoms with Crippen LogP contribution in [0.4, 0.5) is 24.9 Å². The fourth-order valence-corrected chi connectivity index (χ4v) is 5.23. The fourth-order valence-electron chi connectivity index (χ4n) is 5.02. The van der Waals surface area contributed by atoms with E-state index < -0.39 is 17.8 Å². The van der Waals surface area contributed by atoms with Crippen molar-refractivity contribution in [2.24, 2.45) is 5.92 Å². The Morgan fingerprint density at radius 3 is 2.42 bits per heavy atom. The highest BCUT2D eigenvalue weighted by Gasteiger charge is 2.30. The molecule has 2 aromatic heterocycles. The number of piperidine rings is 1. The third-order valence-electron chi connectivity index (χ3n) is 7.34. The molecule has 0 unspecified atom stereocenters. The average molecular weight is 612 g/mol. The van der Waals surface area contributed by atoms with Crippen molar-refractivity contribution >= 4 is 29.3 Å². The van der Waals surface area contributed by atoms with Crippen molar-refractivity contribution in [3.05, 3.63) is 101 Å². The van der Waals surface area contributed by atoms with E-state index >= 15 is 0 Å². The molecule has 1 aliphatic rings. The zero-order valence-electron chi connectivity index (χ0n) is 23.4. The van der Waals surface area contributed by atoms with Crippen molar-refractivity contribution in [3.8, 4) is 5.82 Å². The molecule has 5 rings (SSSR count). The largest absolute Gasteiger partial charge is 0.416 e. The second-order valence-corrected chi connectivity index (χ2v) is 11.0. The molecule has 1 amide bonds. The lowest BCUT2D eigenvalue weighted by Gasteiger charge is -2.27. The maximum atomic E-state index is 13.5. The number of nitrogens with one attached hydrogen (secondary N) is 4. The summed E-state index contributed by atoms with van der Waals surface area (Å²) in [5, 5.41) is 13.5. The first kappa shape index (κ1) is 30.4. The van der Waals surface area contributed by atoms with Gasteiger partial charge in [0.25, 0.3) is 0 Å². The van der Waals surface area contributed by atoms with Gasteiger partial charge in [0, 0.05) is 36.6 Å². The molecule has 43 heavy (non-hydrogen) atoms. The molecular weight excluding hydrogens is 579 g/mol. The number of alkyl halides is 3. The van der Waals surface area contributed by atoms with E-state index in [1.165, 1.54) is 12.1 Å². The first-order chi connectivity index (χ1) is 20.7. The van der Waals surface area contributed by atoms with Gasteiger partial charge in [0.2, 0.25) is 11.9 Å². The highest BCUT2D eigenvalue weighted by Crippen LogP contribution is 2.29. The molecule has 2 aromatic carbocycles. The summed E-state index contributed by atoms with van der Waals surface area (Å²) in [6.45, 7) is 2.31.